The molecule has 0 spiro atoms. The molecule has 0 saturated carbocycles. The number of aryl methyl sites for hydroxylation is 1. The van der Waals surface area contributed by atoms with Crippen LogP contribution < -0.4 is 5.73 Å². The molecule has 2 N–H and O–H groups in total. The average molecular weight is 275 g/mol. The van der Waals surface area contributed by atoms with Gasteiger partial charge in [-0.15, -0.1) is 23.7 Å². The van der Waals surface area contributed by atoms with E-state index in [4.69, 9.17) is 5.73 Å². The van der Waals surface area contributed by atoms with Gasteiger partial charge in [-0.05, 0) is 49.2 Å². The molecule has 1 aliphatic rings. The largest absolute Gasteiger partial charge is 0.329 e. The van der Waals surface area contributed by atoms with Crippen LogP contribution in [0.2, 0.25) is 0 Å². The molecule has 0 aromatic carbocycles. The van der Waals surface area contributed by atoms with E-state index in [-0.39, 0.29) is 12.4 Å². The molecule has 4 heteroatoms. The van der Waals surface area contributed by atoms with Gasteiger partial charge >= 0.3 is 0 Å². The summed E-state index contributed by atoms with van der Waals surface area (Å²) in [6, 6.07) is 2.80. The van der Waals surface area contributed by atoms with Crippen LogP contribution in [-0.4, -0.2) is 24.0 Å². The van der Waals surface area contributed by atoms with E-state index in [1.807, 2.05) is 11.3 Å². The van der Waals surface area contributed by atoms with Crippen LogP contribution in [0.4, 0.5) is 0 Å². The van der Waals surface area contributed by atoms with Crippen LogP contribution in [0.25, 0.3) is 0 Å². The first kappa shape index (κ1) is 15.0. The predicted molar refractivity (Wildman–Crippen MR) is 78.0 cm³/mol. The van der Waals surface area contributed by atoms with Crippen molar-refractivity contribution in [1.29, 1.82) is 0 Å². The van der Waals surface area contributed by atoms with Gasteiger partial charge in [0, 0.05) is 24.0 Å². The number of nitrogens with two attached hydrogens (primary N) is 1. The predicted octanol–water partition coefficient (Wildman–Crippen LogP) is 3.04. The quantitative estimate of drug-likeness (QED) is 0.918. The minimum Gasteiger partial charge on any atom is -0.329 e. The highest BCUT2D eigenvalue weighted by atomic mass is 35.5. The third-order valence-electron chi connectivity index (χ3n) is 3.69. The molecule has 0 amide bonds. The molecule has 98 valence electrons. The van der Waals surface area contributed by atoms with E-state index in [0.29, 0.717) is 6.04 Å². The summed E-state index contributed by atoms with van der Waals surface area (Å²) in [7, 11) is 0. The lowest BCUT2D eigenvalue weighted by Crippen LogP contribution is -2.45. The Labute approximate surface area is 115 Å². The number of hydrogen-bond acceptors (Lipinski definition) is 3. The van der Waals surface area contributed by atoms with Gasteiger partial charge in [-0.1, -0.05) is 6.92 Å². The van der Waals surface area contributed by atoms with Crippen molar-refractivity contribution < 1.29 is 0 Å². The van der Waals surface area contributed by atoms with Gasteiger partial charge in [0.05, 0.1) is 0 Å². The van der Waals surface area contributed by atoms with E-state index >= 15 is 0 Å². The second-order valence-corrected chi connectivity index (χ2v) is 6.02. The van der Waals surface area contributed by atoms with Crippen LogP contribution in [0.1, 0.15) is 30.2 Å². The van der Waals surface area contributed by atoms with Crippen LogP contribution in [0, 0.1) is 12.8 Å². The maximum Gasteiger partial charge on any atom is 0.0334 e. The molecule has 0 aliphatic carbocycles. The first-order valence-corrected chi connectivity index (χ1v) is 7.05. The average Bonchev–Trinajstić information content (AvgIpc) is 2.67. The third kappa shape index (κ3) is 3.68. The summed E-state index contributed by atoms with van der Waals surface area (Å²) >= 11 is 1.87. The Kier molecular flexibility index (Phi) is 5.93. The minimum absolute atomic E-state index is 0. The first-order valence-electron chi connectivity index (χ1n) is 6.17. The fourth-order valence-electron chi connectivity index (χ4n) is 2.50. The molecule has 2 unspecified atom stereocenters. The van der Waals surface area contributed by atoms with Crippen LogP contribution in [0.5, 0.6) is 0 Å². The highest BCUT2D eigenvalue weighted by molar-refractivity contribution is 7.10. The van der Waals surface area contributed by atoms with E-state index in [9.17, 15) is 0 Å². The summed E-state index contributed by atoms with van der Waals surface area (Å²) in [6.07, 6.45) is 2.59. The highest BCUT2D eigenvalue weighted by Gasteiger charge is 2.25. The maximum atomic E-state index is 5.88. The van der Waals surface area contributed by atoms with Crippen molar-refractivity contribution in [3.8, 4) is 0 Å². The Balaban J connectivity index is 0.00000144. The number of nitrogens with zero attached hydrogens (tertiary/aromatic N) is 1. The first-order chi connectivity index (χ1) is 7.70. The van der Waals surface area contributed by atoms with Crippen molar-refractivity contribution in [3.05, 3.63) is 21.9 Å². The number of hydrogen-bond donors (Lipinski definition) is 1. The number of rotatable bonds is 3. The number of halogens is 1. The number of piperidine rings is 1. The van der Waals surface area contributed by atoms with Gasteiger partial charge in [0.1, 0.15) is 0 Å². The molecule has 0 radical (unpaired) electrons. The molecule has 2 rings (SSSR count). The fraction of sp³-hybridized carbons (Fsp3) is 0.692. The lowest BCUT2D eigenvalue weighted by atomic mass is 9.92. The summed E-state index contributed by atoms with van der Waals surface area (Å²) in [4.78, 5) is 4.08. The third-order valence-corrected chi connectivity index (χ3v) is 4.69. The topological polar surface area (TPSA) is 29.3 Å². The second kappa shape index (κ2) is 6.74. The van der Waals surface area contributed by atoms with E-state index < -0.39 is 0 Å². The molecular formula is C13H23ClN2S. The number of thiophene rings is 1. The molecule has 17 heavy (non-hydrogen) atoms. The molecule has 1 saturated heterocycles. The van der Waals surface area contributed by atoms with E-state index in [2.05, 4.69) is 30.2 Å². The monoisotopic (exact) mass is 274 g/mol. The zero-order valence-corrected chi connectivity index (χ0v) is 12.3. The normalized spacial score (nSPS) is 25.6. The lowest BCUT2D eigenvalue weighted by molar-refractivity contribution is 0.116. The Hall–Kier alpha value is -0.0900. The maximum absolute atomic E-state index is 5.88. The Bertz CT molecular complexity index is 340. The van der Waals surface area contributed by atoms with Crippen LogP contribution in [0.15, 0.2) is 11.4 Å². The summed E-state index contributed by atoms with van der Waals surface area (Å²) in [6.45, 7) is 7.65. The molecule has 2 atom stereocenters. The Morgan fingerprint density at radius 1 is 1.53 bits per heavy atom. The molecule has 1 aliphatic heterocycles. The van der Waals surface area contributed by atoms with Gasteiger partial charge in [-0.25, -0.2) is 0 Å². The van der Waals surface area contributed by atoms with Gasteiger partial charge < -0.3 is 5.73 Å². The lowest BCUT2D eigenvalue weighted by Gasteiger charge is -2.37. The molecule has 1 aromatic heterocycles. The van der Waals surface area contributed by atoms with Crippen LogP contribution in [-0.2, 0) is 6.54 Å². The van der Waals surface area contributed by atoms with E-state index in [1.54, 1.807) is 0 Å². The smallest absolute Gasteiger partial charge is 0.0334 e. The summed E-state index contributed by atoms with van der Waals surface area (Å²) < 4.78 is 0. The highest BCUT2D eigenvalue weighted by Crippen LogP contribution is 2.26. The molecule has 1 aromatic rings. The van der Waals surface area contributed by atoms with Gasteiger partial charge in [0.15, 0.2) is 0 Å². The standard InChI is InChI=1S/C13H22N2S.ClH/c1-10-3-5-15(12(7-10)8-14)9-13-11(2)4-6-16-13;/h4,6,10,12H,3,5,7-9,14H2,1-2H3;1H. The van der Waals surface area contributed by atoms with Gasteiger partial charge in [-0.3, -0.25) is 4.90 Å². The zero-order valence-electron chi connectivity index (χ0n) is 10.7. The molecule has 2 nitrogen and oxygen atoms in total. The van der Waals surface area contributed by atoms with Gasteiger partial charge in [0.2, 0.25) is 0 Å². The van der Waals surface area contributed by atoms with Crippen LogP contribution in [0.3, 0.4) is 0 Å². The molecule has 2 heterocycles. The number of likely N-dealkylation sites (tertiary alicyclic amines) is 1. The molecule has 0 bridgehead atoms. The van der Waals surface area contributed by atoms with Gasteiger partial charge in [0.25, 0.3) is 0 Å². The Morgan fingerprint density at radius 2 is 2.29 bits per heavy atom. The fourth-order valence-corrected chi connectivity index (χ4v) is 3.43. The van der Waals surface area contributed by atoms with Crippen molar-refractivity contribution in [2.45, 2.75) is 39.3 Å². The second-order valence-electron chi connectivity index (χ2n) is 5.02. The summed E-state index contributed by atoms with van der Waals surface area (Å²) in [5.41, 5.74) is 7.31. The summed E-state index contributed by atoms with van der Waals surface area (Å²) in [5.74, 6) is 0.842. The zero-order chi connectivity index (χ0) is 11.5. The van der Waals surface area contributed by atoms with Crippen molar-refractivity contribution >= 4 is 23.7 Å². The van der Waals surface area contributed by atoms with Crippen molar-refractivity contribution in [2.75, 3.05) is 13.1 Å². The SMILES string of the molecule is Cc1ccsc1CN1CCC(C)CC1CN.Cl. The minimum atomic E-state index is 0. The van der Waals surface area contributed by atoms with E-state index in [1.165, 1.54) is 29.8 Å². The molecule has 1 fully saturated rings. The van der Waals surface area contributed by atoms with Crippen molar-refractivity contribution in [3.63, 3.8) is 0 Å². The molecular weight excluding hydrogens is 252 g/mol. The van der Waals surface area contributed by atoms with E-state index in [0.717, 1.165) is 19.0 Å². The van der Waals surface area contributed by atoms with Gasteiger partial charge in [-0.2, -0.15) is 0 Å². The Morgan fingerprint density at radius 3 is 2.88 bits per heavy atom. The van der Waals surface area contributed by atoms with Crippen molar-refractivity contribution in [2.24, 2.45) is 11.7 Å². The van der Waals surface area contributed by atoms with Crippen molar-refractivity contribution in [1.82, 2.24) is 4.90 Å². The van der Waals surface area contributed by atoms with Crippen LogP contribution >= 0.6 is 23.7 Å². The summed E-state index contributed by atoms with van der Waals surface area (Å²) in [5, 5.41) is 2.19.